The zero-order chi connectivity index (χ0) is 41.2. The molecular weight excluding hydrogens is 749 g/mol. The molecule has 0 unspecified atom stereocenters. The zero-order valence-corrected chi connectivity index (χ0v) is 34.1. The van der Waals surface area contributed by atoms with Crippen molar-refractivity contribution in [3.63, 3.8) is 0 Å². The molecule has 0 saturated heterocycles. The van der Waals surface area contributed by atoms with Crippen molar-refractivity contribution < 1.29 is 0 Å². The molecule has 0 radical (unpaired) electrons. The highest BCUT2D eigenvalue weighted by atomic mass is 15.1. The lowest BCUT2D eigenvalue weighted by Gasteiger charge is -2.26. The molecule has 11 aromatic rings. The van der Waals surface area contributed by atoms with Crippen molar-refractivity contribution >= 4 is 38.9 Å². The van der Waals surface area contributed by atoms with Gasteiger partial charge in [0.05, 0.1) is 11.0 Å². The fourth-order valence-electron chi connectivity index (χ4n) is 8.87. The minimum Gasteiger partial charge on any atom is -0.310 e. The van der Waals surface area contributed by atoms with Gasteiger partial charge in [-0.1, -0.05) is 194 Å². The largest absolute Gasteiger partial charge is 0.310 e. The van der Waals surface area contributed by atoms with Crippen molar-refractivity contribution in [1.82, 2.24) is 4.57 Å². The number of hydrogen-bond donors (Lipinski definition) is 0. The van der Waals surface area contributed by atoms with Crippen LogP contribution in [0.3, 0.4) is 0 Å². The summed E-state index contributed by atoms with van der Waals surface area (Å²) in [5.74, 6) is 0. The van der Waals surface area contributed by atoms with Crippen LogP contribution in [0, 0.1) is 0 Å². The standard InChI is InChI=1S/C60H42N2/c1-3-13-43(14-4-1)45-25-27-47(28-26-45)48-33-37-53(38-34-48)61(55-19-11-17-51(41-55)49-31-29-46(30-32-49)44-15-5-2-6-16-44)54-39-35-50(36-40-54)52-18-12-20-56(42-52)62-59-23-9-7-21-57(59)58-22-8-10-24-60(58)62/h1-42H. The Kier molecular flexibility index (Phi) is 9.57. The van der Waals surface area contributed by atoms with Crippen LogP contribution in [-0.2, 0) is 0 Å². The van der Waals surface area contributed by atoms with Gasteiger partial charge in [0.1, 0.15) is 0 Å². The highest BCUT2D eigenvalue weighted by Gasteiger charge is 2.16. The molecule has 0 saturated carbocycles. The minimum atomic E-state index is 1.09. The molecule has 0 bridgehead atoms. The van der Waals surface area contributed by atoms with Gasteiger partial charge in [0, 0.05) is 33.5 Å². The third-order valence-electron chi connectivity index (χ3n) is 12.0. The monoisotopic (exact) mass is 790 g/mol. The summed E-state index contributed by atoms with van der Waals surface area (Å²) in [6.07, 6.45) is 0. The van der Waals surface area contributed by atoms with Gasteiger partial charge < -0.3 is 9.47 Å². The van der Waals surface area contributed by atoms with Crippen LogP contribution in [0.25, 0.3) is 83.1 Å². The Morgan fingerprint density at radius 3 is 1.03 bits per heavy atom. The molecule has 1 heterocycles. The molecule has 11 rings (SSSR count). The molecular formula is C60H42N2. The summed E-state index contributed by atoms with van der Waals surface area (Å²) in [5, 5.41) is 2.53. The molecule has 0 aliphatic heterocycles. The summed E-state index contributed by atoms with van der Waals surface area (Å²) >= 11 is 0. The first kappa shape index (κ1) is 36.8. The van der Waals surface area contributed by atoms with Gasteiger partial charge in [-0.2, -0.15) is 0 Å². The van der Waals surface area contributed by atoms with Crippen molar-refractivity contribution in [3.05, 3.63) is 255 Å². The third-order valence-corrected chi connectivity index (χ3v) is 12.0. The molecule has 0 atom stereocenters. The predicted octanol–water partition coefficient (Wildman–Crippen LogP) is 16.6. The van der Waals surface area contributed by atoms with Crippen LogP contribution >= 0.6 is 0 Å². The molecule has 0 amide bonds. The van der Waals surface area contributed by atoms with E-state index in [-0.39, 0.29) is 0 Å². The van der Waals surface area contributed by atoms with Crippen LogP contribution in [0.5, 0.6) is 0 Å². The Morgan fingerprint density at radius 1 is 0.226 bits per heavy atom. The summed E-state index contributed by atoms with van der Waals surface area (Å²) in [6, 6.07) is 92.0. The zero-order valence-electron chi connectivity index (χ0n) is 34.1. The Hall–Kier alpha value is -8.20. The van der Waals surface area contributed by atoms with Crippen LogP contribution in [0.1, 0.15) is 0 Å². The van der Waals surface area contributed by atoms with Gasteiger partial charge in [-0.25, -0.2) is 0 Å². The van der Waals surface area contributed by atoms with Gasteiger partial charge >= 0.3 is 0 Å². The summed E-state index contributed by atoms with van der Waals surface area (Å²) in [4.78, 5) is 2.36. The molecule has 0 aliphatic rings. The van der Waals surface area contributed by atoms with Gasteiger partial charge in [-0.15, -0.1) is 0 Å². The fourth-order valence-corrected chi connectivity index (χ4v) is 8.87. The molecule has 10 aromatic carbocycles. The van der Waals surface area contributed by atoms with Gasteiger partial charge in [-0.05, 0) is 116 Å². The van der Waals surface area contributed by atoms with Gasteiger partial charge in [-0.3, -0.25) is 0 Å². The highest BCUT2D eigenvalue weighted by molar-refractivity contribution is 6.09. The first-order valence-electron chi connectivity index (χ1n) is 21.2. The number of anilines is 3. The van der Waals surface area contributed by atoms with Crippen molar-refractivity contribution in [1.29, 1.82) is 0 Å². The SMILES string of the molecule is c1ccc(-c2ccc(-c3ccc(N(c4ccc(-c5cccc(-n6c7ccccc7c7ccccc76)c5)cc4)c4cccc(-c5ccc(-c6ccccc6)cc5)c4)cc3)cc2)cc1. The van der Waals surface area contributed by atoms with E-state index in [1.807, 2.05) is 0 Å². The first-order valence-corrected chi connectivity index (χ1v) is 21.2. The van der Waals surface area contributed by atoms with E-state index in [1.165, 1.54) is 71.9 Å². The molecule has 2 nitrogen and oxygen atoms in total. The van der Waals surface area contributed by atoms with E-state index in [4.69, 9.17) is 0 Å². The number of rotatable bonds is 9. The van der Waals surface area contributed by atoms with Crippen molar-refractivity contribution in [2.75, 3.05) is 4.90 Å². The van der Waals surface area contributed by atoms with Gasteiger partial charge in [0.25, 0.3) is 0 Å². The van der Waals surface area contributed by atoms with E-state index in [0.29, 0.717) is 0 Å². The maximum absolute atomic E-state index is 2.38. The average molecular weight is 791 g/mol. The van der Waals surface area contributed by atoms with Crippen LogP contribution in [0.15, 0.2) is 255 Å². The Bertz CT molecular complexity index is 3240. The highest BCUT2D eigenvalue weighted by Crippen LogP contribution is 2.40. The molecule has 292 valence electrons. The van der Waals surface area contributed by atoms with Crippen LogP contribution in [-0.4, -0.2) is 4.57 Å². The van der Waals surface area contributed by atoms with E-state index >= 15 is 0 Å². The van der Waals surface area contributed by atoms with Gasteiger partial charge in [0.15, 0.2) is 0 Å². The molecule has 0 N–H and O–H groups in total. The van der Waals surface area contributed by atoms with Crippen molar-refractivity contribution in [3.8, 4) is 61.3 Å². The number of nitrogens with zero attached hydrogens (tertiary/aromatic N) is 2. The summed E-state index contributed by atoms with van der Waals surface area (Å²) in [6.45, 7) is 0. The maximum Gasteiger partial charge on any atom is 0.0541 e. The lowest BCUT2D eigenvalue weighted by Crippen LogP contribution is -2.10. The van der Waals surface area contributed by atoms with Crippen molar-refractivity contribution in [2.45, 2.75) is 0 Å². The first-order chi connectivity index (χ1) is 30.7. The van der Waals surface area contributed by atoms with E-state index in [0.717, 1.165) is 28.3 Å². The summed E-state index contributed by atoms with van der Waals surface area (Å²) in [5.41, 5.74) is 18.8. The number of fused-ring (bicyclic) bond motifs is 3. The predicted molar refractivity (Wildman–Crippen MR) is 263 cm³/mol. The van der Waals surface area contributed by atoms with Crippen molar-refractivity contribution in [2.24, 2.45) is 0 Å². The quantitative estimate of drug-likeness (QED) is 0.141. The minimum absolute atomic E-state index is 1.09. The van der Waals surface area contributed by atoms with E-state index in [2.05, 4.69) is 264 Å². The molecule has 0 aliphatic carbocycles. The summed E-state index contributed by atoms with van der Waals surface area (Å²) in [7, 11) is 0. The van der Waals surface area contributed by atoms with Gasteiger partial charge in [0.2, 0.25) is 0 Å². The number of hydrogen-bond acceptors (Lipinski definition) is 1. The second-order valence-corrected chi connectivity index (χ2v) is 15.8. The summed E-state index contributed by atoms with van der Waals surface area (Å²) < 4.78 is 2.38. The Morgan fingerprint density at radius 2 is 0.565 bits per heavy atom. The van der Waals surface area contributed by atoms with E-state index < -0.39 is 0 Å². The normalized spacial score (nSPS) is 11.2. The molecule has 1 aromatic heterocycles. The lowest BCUT2D eigenvalue weighted by molar-refractivity contribution is 1.18. The second kappa shape index (κ2) is 16.1. The number of para-hydroxylation sites is 2. The van der Waals surface area contributed by atoms with E-state index in [9.17, 15) is 0 Å². The number of aromatic nitrogens is 1. The molecule has 0 fully saturated rings. The second-order valence-electron chi connectivity index (χ2n) is 15.8. The maximum atomic E-state index is 2.38. The molecule has 62 heavy (non-hydrogen) atoms. The topological polar surface area (TPSA) is 8.17 Å². The average Bonchev–Trinajstić information content (AvgIpc) is 3.70. The van der Waals surface area contributed by atoms with Crippen LogP contribution in [0.2, 0.25) is 0 Å². The third kappa shape index (κ3) is 7.04. The fraction of sp³-hybridized carbons (Fsp3) is 0. The Balaban J connectivity index is 0.949. The smallest absolute Gasteiger partial charge is 0.0541 e. The Labute approximate surface area is 362 Å². The molecule has 2 heteroatoms. The van der Waals surface area contributed by atoms with Crippen LogP contribution < -0.4 is 4.90 Å². The molecule has 0 spiro atoms. The van der Waals surface area contributed by atoms with E-state index in [1.54, 1.807) is 0 Å². The van der Waals surface area contributed by atoms with Crippen LogP contribution in [0.4, 0.5) is 17.1 Å². The number of benzene rings is 10. The lowest BCUT2D eigenvalue weighted by atomic mass is 9.99.